The molecule has 0 aromatic carbocycles. The summed E-state index contributed by atoms with van der Waals surface area (Å²) in [7, 11) is 0. The van der Waals surface area contributed by atoms with Gasteiger partial charge in [0.15, 0.2) is 0 Å². The molecule has 1 unspecified atom stereocenters. The van der Waals surface area contributed by atoms with E-state index >= 15 is 0 Å². The lowest BCUT2D eigenvalue weighted by atomic mass is 10.3. The first-order chi connectivity index (χ1) is 3.93. The van der Waals surface area contributed by atoms with Gasteiger partial charge in [0.1, 0.15) is 0 Å². The molecule has 0 bridgehead atoms. The number of ether oxygens (including phenoxy) is 1. The first-order valence-corrected chi connectivity index (χ1v) is 3.20. The minimum atomic E-state index is 0.567. The Hall–Kier alpha value is -0.300. The quantitative estimate of drug-likeness (QED) is 0.400. The van der Waals surface area contributed by atoms with Crippen molar-refractivity contribution in [2.45, 2.75) is 25.9 Å². The Balaban J connectivity index is 1.93. The molecular formula is C7H12O. The average molecular weight is 112 g/mol. The van der Waals surface area contributed by atoms with Gasteiger partial charge in [-0.2, -0.15) is 0 Å². The zero-order chi connectivity index (χ0) is 5.82. The lowest BCUT2D eigenvalue weighted by Crippen LogP contribution is -1.77. The first-order valence-electron chi connectivity index (χ1n) is 3.20. The molecule has 1 atom stereocenters. The molecular weight excluding hydrogens is 100 g/mol. The Morgan fingerprint density at radius 1 is 1.62 bits per heavy atom. The fourth-order valence-corrected chi connectivity index (χ4v) is 0.619. The highest BCUT2D eigenvalue weighted by atomic mass is 16.6. The van der Waals surface area contributed by atoms with Crippen LogP contribution in [0, 0.1) is 0 Å². The summed E-state index contributed by atoms with van der Waals surface area (Å²) in [4.78, 5) is 0. The maximum atomic E-state index is 5.00. The normalized spacial score (nSPS) is 26.9. The minimum Gasteiger partial charge on any atom is -0.373 e. The van der Waals surface area contributed by atoms with Gasteiger partial charge in [0.25, 0.3) is 0 Å². The molecule has 0 aromatic heterocycles. The second-order valence-electron chi connectivity index (χ2n) is 2.07. The van der Waals surface area contributed by atoms with Gasteiger partial charge < -0.3 is 4.74 Å². The van der Waals surface area contributed by atoms with E-state index < -0.39 is 0 Å². The van der Waals surface area contributed by atoms with E-state index in [9.17, 15) is 0 Å². The van der Waals surface area contributed by atoms with E-state index in [0.29, 0.717) is 6.10 Å². The van der Waals surface area contributed by atoms with Gasteiger partial charge in [0, 0.05) is 0 Å². The lowest BCUT2D eigenvalue weighted by Gasteiger charge is -1.80. The molecule has 0 aromatic rings. The van der Waals surface area contributed by atoms with Crippen LogP contribution in [0.5, 0.6) is 0 Å². The molecule has 1 aliphatic rings. The van der Waals surface area contributed by atoms with Crippen molar-refractivity contribution >= 4 is 0 Å². The molecule has 0 amide bonds. The van der Waals surface area contributed by atoms with Crippen molar-refractivity contribution in [1.82, 2.24) is 0 Å². The maximum Gasteiger partial charge on any atom is 0.0844 e. The van der Waals surface area contributed by atoms with Crippen molar-refractivity contribution in [2.75, 3.05) is 6.61 Å². The highest BCUT2D eigenvalue weighted by Gasteiger charge is 2.19. The summed E-state index contributed by atoms with van der Waals surface area (Å²) < 4.78 is 5.00. The van der Waals surface area contributed by atoms with E-state index in [1.807, 2.05) is 0 Å². The largest absolute Gasteiger partial charge is 0.373 e. The standard InChI is InChI=1S/C7H12O/c1-2-3-4-5-7-6-8-7/h3-4,7H,2,5-6H2,1H3/b4-3-. The Kier molecular flexibility index (Phi) is 2.10. The van der Waals surface area contributed by atoms with E-state index in [-0.39, 0.29) is 0 Å². The summed E-state index contributed by atoms with van der Waals surface area (Å²) >= 11 is 0. The monoisotopic (exact) mass is 112 g/mol. The first kappa shape index (κ1) is 5.83. The van der Waals surface area contributed by atoms with Crippen LogP contribution in [0.2, 0.25) is 0 Å². The zero-order valence-electron chi connectivity index (χ0n) is 5.26. The maximum absolute atomic E-state index is 5.00. The van der Waals surface area contributed by atoms with Crippen molar-refractivity contribution in [3.8, 4) is 0 Å². The number of hydrogen-bond donors (Lipinski definition) is 0. The van der Waals surface area contributed by atoms with Crippen LogP contribution < -0.4 is 0 Å². The van der Waals surface area contributed by atoms with Crippen LogP contribution in [0.25, 0.3) is 0 Å². The van der Waals surface area contributed by atoms with Crippen molar-refractivity contribution in [3.63, 3.8) is 0 Å². The molecule has 8 heavy (non-hydrogen) atoms. The van der Waals surface area contributed by atoms with Crippen molar-refractivity contribution in [1.29, 1.82) is 0 Å². The highest BCUT2D eigenvalue weighted by molar-refractivity contribution is 4.86. The molecule has 1 rings (SSSR count). The molecule has 1 nitrogen and oxygen atoms in total. The zero-order valence-corrected chi connectivity index (χ0v) is 5.26. The molecule has 0 radical (unpaired) electrons. The second kappa shape index (κ2) is 2.88. The Morgan fingerprint density at radius 3 is 2.88 bits per heavy atom. The molecule has 0 spiro atoms. The van der Waals surface area contributed by atoms with Crippen LogP contribution in [0.15, 0.2) is 12.2 Å². The average Bonchev–Trinajstić information content (AvgIpc) is 2.51. The summed E-state index contributed by atoms with van der Waals surface area (Å²) in [6.07, 6.45) is 7.21. The molecule has 0 aliphatic carbocycles. The molecule has 0 saturated carbocycles. The van der Waals surface area contributed by atoms with Gasteiger partial charge in [-0.25, -0.2) is 0 Å². The molecule has 0 N–H and O–H groups in total. The van der Waals surface area contributed by atoms with Crippen molar-refractivity contribution in [3.05, 3.63) is 12.2 Å². The predicted molar refractivity (Wildman–Crippen MR) is 33.8 cm³/mol. The summed E-state index contributed by atoms with van der Waals surface area (Å²) in [6.45, 7) is 3.12. The summed E-state index contributed by atoms with van der Waals surface area (Å²) in [6, 6.07) is 0. The van der Waals surface area contributed by atoms with Crippen molar-refractivity contribution in [2.24, 2.45) is 0 Å². The molecule has 1 fully saturated rings. The van der Waals surface area contributed by atoms with Crippen LogP contribution in [-0.4, -0.2) is 12.7 Å². The topological polar surface area (TPSA) is 12.5 Å². The van der Waals surface area contributed by atoms with E-state index in [4.69, 9.17) is 4.74 Å². The lowest BCUT2D eigenvalue weighted by molar-refractivity contribution is 0.410. The Labute approximate surface area is 50.3 Å². The van der Waals surface area contributed by atoms with Gasteiger partial charge in [-0.3, -0.25) is 0 Å². The van der Waals surface area contributed by atoms with Gasteiger partial charge in [-0.1, -0.05) is 19.1 Å². The van der Waals surface area contributed by atoms with E-state index in [0.717, 1.165) is 19.4 Å². The summed E-state index contributed by atoms with van der Waals surface area (Å²) in [5.74, 6) is 0. The van der Waals surface area contributed by atoms with E-state index in [1.165, 1.54) is 0 Å². The van der Waals surface area contributed by atoms with E-state index in [1.54, 1.807) is 0 Å². The van der Waals surface area contributed by atoms with Gasteiger partial charge in [-0.05, 0) is 12.8 Å². The SMILES string of the molecule is CC/C=C\CC1CO1. The summed E-state index contributed by atoms with van der Waals surface area (Å²) in [5.41, 5.74) is 0. The van der Waals surface area contributed by atoms with Crippen LogP contribution in [0.4, 0.5) is 0 Å². The summed E-state index contributed by atoms with van der Waals surface area (Å²) in [5, 5.41) is 0. The smallest absolute Gasteiger partial charge is 0.0844 e. The van der Waals surface area contributed by atoms with Crippen LogP contribution in [0.3, 0.4) is 0 Å². The van der Waals surface area contributed by atoms with Gasteiger partial charge in [-0.15, -0.1) is 0 Å². The molecule has 1 heterocycles. The van der Waals surface area contributed by atoms with Crippen LogP contribution in [-0.2, 0) is 4.74 Å². The third-order valence-electron chi connectivity index (χ3n) is 1.20. The minimum absolute atomic E-state index is 0.567. The van der Waals surface area contributed by atoms with Crippen LogP contribution in [0.1, 0.15) is 19.8 Å². The predicted octanol–water partition coefficient (Wildman–Crippen LogP) is 1.74. The number of rotatable bonds is 3. The molecule has 46 valence electrons. The fraction of sp³-hybridized carbons (Fsp3) is 0.714. The van der Waals surface area contributed by atoms with E-state index in [2.05, 4.69) is 19.1 Å². The Morgan fingerprint density at radius 2 is 2.38 bits per heavy atom. The van der Waals surface area contributed by atoms with Gasteiger partial charge in [0.2, 0.25) is 0 Å². The fourth-order valence-electron chi connectivity index (χ4n) is 0.619. The number of epoxide rings is 1. The van der Waals surface area contributed by atoms with Crippen molar-refractivity contribution < 1.29 is 4.74 Å². The number of hydrogen-bond acceptors (Lipinski definition) is 1. The number of allylic oxidation sites excluding steroid dienone is 1. The van der Waals surface area contributed by atoms with Gasteiger partial charge in [0.05, 0.1) is 12.7 Å². The molecule has 1 heteroatoms. The van der Waals surface area contributed by atoms with Gasteiger partial charge >= 0.3 is 0 Å². The van der Waals surface area contributed by atoms with Crippen LogP contribution >= 0.6 is 0 Å². The third-order valence-corrected chi connectivity index (χ3v) is 1.20. The molecule has 1 aliphatic heterocycles. The highest BCUT2D eigenvalue weighted by Crippen LogP contribution is 2.13. The second-order valence-corrected chi connectivity index (χ2v) is 2.07. The Bertz CT molecular complexity index is 82.4. The molecule has 1 saturated heterocycles. The third kappa shape index (κ3) is 2.12.